The first-order chi connectivity index (χ1) is 26.8. The maximum atomic E-state index is 6.08. The Morgan fingerprint density at radius 2 is 0.778 bits per heavy atom. The number of benzene rings is 11. The minimum absolute atomic E-state index is 0.884. The van der Waals surface area contributed by atoms with Gasteiger partial charge >= 0.3 is 0 Å². The van der Waals surface area contributed by atoms with Gasteiger partial charge in [0.15, 0.2) is 0 Å². The minimum atomic E-state index is 0.884. The molecule has 11 aromatic carbocycles. The van der Waals surface area contributed by atoms with Crippen molar-refractivity contribution in [2.45, 2.75) is 0 Å². The van der Waals surface area contributed by atoms with E-state index in [0.717, 1.165) is 11.3 Å². The van der Waals surface area contributed by atoms with Crippen LogP contribution in [-0.2, 0) is 0 Å². The Balaban J connectivity index is 1.20. The highest BCUT2D eigenvalue weighted by Crippen LogP contribution is 2.61. The summed E-state index contributed by atoms with van der Waals surface area (Å²) in [4.78, 5) is 0. The highest BCUT2D eigenvalue weighted by Gasteiger charge is 2.33. The van der Waals surface area contributed by atoms with Crippen LogP contribution in [0.1, 0.15) is 0 Å². The second-order valence-corrected chi connectivity index (χ2v) is 15.0. The maximum Gasteiger partial charge on any atom is 0.126 e. The molecule has 13 rings (SSSR count). The van der Waals surface area contributed by atoms with Gasteiger partial charge in [-0.2, -0.15) is 0 Å². The molecule has 0 radical (unpaired) electrons. The summed E-state index contributed by atoms with van der Waals surface area (Å²) in [5.41, 5.74) is 15.5. The molecule has 0 bridgehead atoms. The summed E-state index contributed by atoms with van der Waals surface area (Å²) >= 11 is 0. The fraction of sp³-hybridized carbons (Fsp3) is 0.0189. The summed E-state index contributed by atoms with van der Waals surface area (Å²) in [6, 6.07) is 61.1. The SMILES string of the molecule is COc1ccccc1-c1c2c(c(-c3ccccc3)c3ccccc13)-c1ccc3c4ccc5c6c(ccc(c7ccc-2c1c73)c64)-c1ccc2ccccc2c1-5. The van der Waals surface area contributed by atoms with Crippen molar-refractivity contribution >= 4 is 64.6 Å². The molecule has 54 heavy (non-hydrogen) atoms. The topological polar surface area (TPSA) is 9.23 Å². The normalized spacial score (nSPS) is 12.5. The smallest absolute Gasteiger partial charge is 0.126 e. The van der Waals surface area contributed by atoms with E-state index < -0.39 is 0 Å². The van der Waals surface area contributed by atoms with E-state index in [1.54, 1.807) is 7.11 Å². The van der Waals surface area contributed by atoms with Crippen LogP contribution in [0.3, 0.4) is 0 Å². The molecule has 1 heteroatoms. The van der Waals surface area contributed by atoms with Gasteiger partial charge in [0.25, 0.3) is 0 Å². The fourth-order valence-electron chi connectivity index (χ4n) is 10.5. The summed E-state index contributed by atoms with van der Waals surface area (Å²) in [6.07, 6.45) is 0. The first-order valence-electron chi connectivity index (χ1n) is 18.8. The van der Waals surface area contributed by atoms with E-state index in [4.69, 9.17) is 4.74 Å². The lowest BCUT2D eigenvalue weighted by Crippen LogP contribution is -1.95. The van der Waals surface area contributed by atoms with Crippen LogP contribution in [0.5, 0.6) is 5.75 Å². The van der Waals surface area contributed by atoms with E-state index in [1.807, 2.05) is 0 Å². The van der Waals surface area contributed by atoms with Crippen LogP contribution in [-0.4, -0.2) is 7.11 Å². The average molecular weight is 683 g/mol. The standard InChI is InChI=1S/C53H30O/c1-54-44-18-10-9-17-40(44)49-33-16-8-7-15-32(33)45(30-12-3-2-4-13-30)52-42-27-24-39-37-23-26-41-46-31-14-6-5-11-29(31)19-20-34(46)35-21-22-36(47(37)50(35)41)38-25-28-43(53(49)52)51(42)48(38)39/h2-28H,1H3. The van der Waals surface area contributed by atoms with Crippen LogP contribution < -0.4 is 4.74 Å². The second kappa shape index (κ2) is 10.1. The van der Waals surface area contributed by atoms with Crippen LogP contribution in [0.15, 0.2) is 164 Å². The van der Waals surface area contributed by atoms with Gasteiger partial charge in [-0.1, -0.05) is 158 Å². The number of hydrogen-bond donors (Lipinski definition) is 0. The molecule has 0 amide bonds. The summed E-state index contributed by atoms with van der Waals surface area (Å²) in [6.45, 7) is 0. The zero-order valence-electron chi connectivity index (χ0n) is 29.5. The summed E-state index contributed by atoms with van der Waals surface area (Å²) < 4.78 is 6.08. The summed E-state index contributed by atoms with van der Waals surface area (Å²) in [5.74, 6) is 0.884. The van der Waals surface area contributed by atoms with E-state index in [1.165, 1.54) is 126 Å². The molecule has 0 heterocycles. The molecule has 0 N–H and O–H groups in total. The van der Waals surface area contributed by atoms with Crippen molar-refractivity contribution in [3.05, 3.63) is 164 Å². The molecule has 0 aromatic heterocycles. The average Bonchev–Trinajstić information content (AvgIpc) is 3.75. The van der Waals surface area contributed by atoms with Crippen molar-refractivity contribution in [2.24, 2.45) is 0 Å². The molecule has 0 saturated heterocycles. The molecule has 0 unspecified atom stereocenters. The van der Waals surface area contributed by atoms with Gasteiger partial charge in [-0.3, -0.25) is 0 Å². The van der Waals surface area contributed by atoms with Gasteiger partial charge in [0.2, 0.25) is 0 Å². The molecule has 0 spiro atoms. The first kappa shape index (κ1) is 28.6. The second-order valence-electron chi connectivity index (χ2n) is 15.0. The van der Waals surface area contributed by atoms with Gasteiger partial charge in [-0.05, 0) is 126 Å². The number of fused-ring (bicyclic) bond motifs is 11. The molecule has 2 aliphatic carbocycles. The molecule has 1 nitrogen and oxygen atoms in total. The maximum absolute atomic E-state index is 6.08. The molecular formula is C53H30O. The zero-order chi connectivity index (χ0) is 35.2. The first-order valence-corrected chi connectivity index (χ1v) is 18.8. The number of rotatable bonds is 3. The van der Waals surface area contributed by atoms with Gasteiger partial charge in [0.05, 0.1) is 7.11 Å². The van der Waals surface area contributed by atoms with Crippen molar-refractivity contribution < 1.29 is 4.74 Å². The molecule has 0 fully saturated rings. The third-order valence-electron chi connectivity index (χ3n) is 12.6. The third-order valence-corrected chi connectivity index (χ3v) is 12.6. The molecule has 248 valence electrons. The Morgan fingerprint density at radius 3 is 1.46 bits per heavy atom. The number of ether oxygens (including phenoxy) is 1. The van der Waals surface area contributed by atoms with Gasteiger partial charge in [0.1, 0.15) is 5.75 Å². The number of hydrogen-bond acceptors (Lipinski definition) is 1. The lowest BCUT2D eigenvalue weighted by Gasteiger charge is -2.21. The fourth-order valence-corrected chi connectivity index (χ4v) is 10.5. The van der Waals surface area contributed by atoms with E-state index in [0.29, 0.717) is 0 Å². The van der Waals surface area contributed by atoms with Crippen molar-refractivity contribution in [3.8, 4) is 72.5 Å². The highest BCUT2D eigenvalue weighted by atomic mass is 16.5. The van der Waals surface area contributed by atoms with Crippen molar-refractivity contribution in [1.82, 2.24) is 0 Å². The van der Waals surface area contributed by atoms with E-state index in [-0.39, 0.29) is 0 Å². The van der Waals surface area contributed by atoms with E-state index >= 15 is 0 Å². The molecule has 2 aliphatic rings. The summed E-state index contributed by atoms with van der Waals surface area (Å²) in [7, 11) is 1.78. The lowest BCUT2D eigenvalue weighted by molar-refractivity contribution is 0.416. The Hall–Kier alpha value is -6.96. The summed E-state index contributed by atoms with van der Waals surface area (Å²) in [5, 5.41) is 15.9. The largest absolute Gasteiger partial charge is 0.496 e. The Labute approximate surface area is 311 Å². The number of methoxy groups -OCH3 is 1. The van der Waals surface area contributed by atoms with Crippen LogP contribution in [0.2, 0.25) is 0 Å². The van der Waals surface area contributed by atoms with Gasteiger partial charge in [-0.25, -0.2) is 0 Å². The molecule has 0 atom stereocenters. The van der Waals surface area contributed by atoms with Crippen molar-refractivity contribution in [2.75, 3.05) is 7.11 Å². The van der Waals surface area contributed by atoms with Crippen LogP contribution in [0, 0.1) is 0 Å². The van der Waals surface area contributed by atoms with E-state index in [9.17, 15) is 0 Å². The van der Waals surface area contributed by atoms with Crippen LogP contribution in [0.4, 0.5) is 0 Å². The molecule has 0 aliphatic heterocycles. The third kappa shape index (κ3) is 3.37. The minimum Gasteiger partial charge on any atom is -0.496 e. The lowest BCUT2D eigenvalue weighted by atomic mass is 9.82. The van der Waals surface area contributed by atoms with Crippen LogP contribution in [0.25, 0.3) is 131 Å². The quantitative estimate of drug-likeness (QED) is 0.133. The van der Waals surface area contributed by atoms with Gasteiger partial charge in [-0.15, -0.1) is 0 Å². The highest BCUT2D eigenvalue weighted by molar-refractivity contribution is 6.41. The van der Waals surface area contributed by atoms with Gasteiger partial charge in [0, 0.05) is 11.1 Å². The molecule has 11 aromatic rings. The Kier molecular flexibility index (Phi) is 5.36. The van der Waals surface area contributed by atoms with E-state index in [2.05, 4.69) is 164 Å². The predicted octanol–water partition coefficient (Wildman–Crippen LogP) is 14.7. The molecule has 0 saturated carbocycles. The zero-order valence-corrected chi connectivity index (χ0v) is 29.5. The molecular weight excluding hydrogens is 653 g/mol. The van der Waals surface area contributed by atoms with Crippen molar-refractivity contribution in [3.63, 3.8) is 0 Å². The monoisotopic (exact) mass is 682 g/mol. The van der Waals surface area contributed by atoms with Crippen molar-refractivity contribution in [1.29, 1.82) is 0 Å². The van der Waals surface area contributed by atoms with Gasteiger partial charge < -0.3 is 4.74 Å². The predicted molar refractivity (Wildman–Crippen MR) is 229 cm³/mol. The van der Waals surface area contributed by atoms with Crippen LogP contribution >= 0.6 is 0 Å². The number of para-hydroxylation sites is 1. The Bertz CT molecular complexity index is 3440. The Morgan fingerprint density at radius 1 is 0.278 bits per heavy atom.